The lowest BCUT2D eigenvalue weighted by Crippen LogP contribution is -2.34. The molecule has 9 heteroatoms. The number of hydrogen-bond acceptors (Lipinski definition) is 6. The minimum atomic E-state index is -0.957. The Bertz CT molecular complexity index is 989. The molecule has 31 heavy (non-hydrogen) atoms. The number of thioether (sulfide) groups is 1. The standard InChI is InChI=1S/C22H25N3O4S2/c1-3-18(20(27)25-22-23-13(2)12-30-22)31-15-8-6-7-14(11-15)24-19(26)16-9-4-5-10-17(16)21(28)29/h4-8,11-12,16-18H,3,9-10H2,1-2H3,(H,24,26)(H,28,29)(H,23,25,27). The molecule has 0 saturated carbocycles. The van der Waals surface area contributed by atoms with Crippen LogP contribution in [0, 0.1) is 18.8 Å². The van der Waals surface area contributed by atoms with Gasteiger partial charge in [0.25, 0.3) is 0 Å². The molecule has 7 nitrogen and oxygen atoms in total. The Morgan fingerprint density at radius 3 is 2.61 bits per heavy atom. The third-order valence-corrected chi connectivity index (χ3v) is 7.21. The van der Waals surface area contributed by atoms with Crippen LogP contribution in [0.2, 0.25) is 0 Å². The van der Waals surface area contributed by atoms with Crippen molar-refractivity contribution in [3.8, 4) is 0 Å². The van der Waals surface area contributed by atoms with Gasteiger partial charge in [-0.25, -0.2) is 4.98 Å². The number of carboxylic acid groups (broad SMARTS) is 1. The Labute approximate surface area is 189 Å². The second kappa shape index (κ2) is 10.6. The van der Waals surface area contributed by atoms with Gasteiger partial charge in [0.05, 0.1) is 22.8 Å². The first-order chi connectivity index (χ1) is 14.9. The van der Waals surface area contributed by atoms with Crippen molar-refractivity contribution in [2.24, 2.45) is 11.8 Å². The van der Waals surface area contributed by atoms with Gasteiger partial charge in [0.1, 0.15) is 0 Å². The van der Waals surface area contributed by atoms with E-state index in [4.69, 9.17) is 0 Å². The summed E-state index contributed by atoms with van der Waals surface area (Å²) in [4.78, 5) is 41.9. The number of amides is 2. The number of nitrogens with zero attached hydrogens (tertiary/aromatic N) is 1. The molecule has 3 N–H and O–H groups in total. The molecule has 0 fully saturated rings. The molecule has 1 aromatic heterocycles. The van der Waals surface area contributed by atoms with Gasteiger partial charge in [0.15, 0.2) is 5.13 Å². The lowest BCUT2D eigenvalue weighted by Gasteiger charge is -2.24. The Balaban J connectivity index is 1.64. The number of allylic oxidation sites excluding steroid dienone is 2. The number of benzene rings is 1. The van der Waals surface area contributed by atoms with Crippen LogP contribution in [0.25, 0.3) is 0 Å². The van der Waals surface area contributed by atoms with Crippen molar-refractivity contribution in [3.63, 3.8) is 0 Å². The Kier molecular flexibility index (Phi) is 7.86. The van der Waals surface area contributed by atoms with Crippen molar-refractivity contribution in [1.82, 2.24) is 4.98 Å². The predicted octanol–water partition coefficient (Wildman–Crippen LogP) is 4.57. The number of aliphatic carboxylic acids is 1. The van der Waals surface area contributed by atoms with Crippen molar-refractivity contribution in [2.45, 2.75) is 43.3 Å². The van der Waals surface area contributed by atoms with Gasteiger partial charge in [-0.15, -0.1) is 23.1 Å². The summed E-state index contributed by atoms with van der Waals surface area (Å²) in [6.45, 7) is 3.82. The first kappa shape index (κ1) is 23.0. The number of anilines is 2. The zero-order valence-electron chi connectivity index (χ0n) is 17.3. The predicted molar refractivity (Wildman–Crippen MR) is 123 cm³/mol. The number of carboxylic acids is 1. The molecule has 3 atom stereocenters. The molecular weight excluding hydrogens is 434 g/mol. The molecule has 0 spiro atoms. The van der Waals surface area contributed by atoms with E-state index >= 15 is 0 Å². The van der Waals surface area contributed by atoms with E-state index in [2.05, 4.69) is 15.6 Å². The Morgan fingerprint density at radius 1 is 1.23 bits per heavy atom. The molecule has 2 aromatic rings. The zero-order valence-corrected chi connectivity index (χ0v) is 19.0. The van der Waals surface area contributed by atoms with E-state index < -0.39 is 17.8 Å². The Hall–Kier alpha value is -2.65. The average molecular weight is 460 g/mol. The highest BCUT2D eigenvalue weighted by molar-refractivity contribution is 8.00. The summed E-state index contributed by atoms with van der Waals surface area (Å²) in [5.41, 5.74) is 1.45. The second-order valence-electron chi connectivity index (χ2n) is 7.31. The number of carbonyl (C=O) groups excluding carboxylic acids is 2. The molecule has 3 unspecified atom stereocenters. The monoisotopic (exact) mass is 459 g/mol. The highest BCUT2D eigenvalue weighted by atomic mass is 32.2. The van der Waals surface area contributed by atoms with E-state index in [1.807, 2.05) is 43.5 Å². The largest absolute Gasteiger partial charge is 0.481 e. The van der Waals surface area contributed by atoms with Crippen LogP contribution in [-0.2, 0) is 14.4 Å². The van der Waals surface area contributed by atoms with Gasteiger partial charge in [-0.2, -0.15) is 0 Å². The molecule has 0 aliphatic heterocycles. The van der Waals surface area contributed by atoms with Crippen LogP contribution in [0.3, 0.4) is 0 Å². The molecule has 1 aromatic carbocycles. The third-order valence-electron chi connectivity index (χ3n) is 4.98. The first-order valence-corrected chi connectivity index (χ1v) is 11.8. The van der Waals surface area contributed by atoms with Crippen LogP contribution in [0.1, 0.15) is 31.9 Å². The summed E-state index contributed by atoms with van der Waals surface area (Å²) in [7, 11) is 0. The number of nitrogens with one attached hydrogen (secondary N) is 2. The maximum absolute atomic E-state index is 12.7. The van der Waals surface area contributed by atoms with Crippen LogP contribution >= 0.6 is 23.1 Å². The second-order valence-corrected chi connectivity index (χ2v) is 9.44. The first-order valence-electron chi connectivity index (χ1n) is 10.1. The number of thiazole rings is 1. The molecule has 0 radical (unpaired) electrons. The maximum Gasteiger partial charge on any atom is 0.307 e. The summed E-state index contributed by atoms with van der Waals surface area (Å²) in [6.07, 6.45) is 5.06. The lowest BCUT2D eigenvalue weighted by atomic mass is 9.82. The van der Waals surface area contributed by atoms with Gasteiger partial charge in [0, 0.05) is 16.0 Å². The van der Waals surface area contributed by atoms with E-state index in [0.717, 1.165) is 10.6 Å². The maximum atomic E-state index is 12.7. The van der Waals surface area contributed by atoms with Crippen LogP contribution in [0.4, 0.5) is 10.8 Å². The summed E-state index contributed by atoms with van der Waals surface area (Å²) in [6, 6.07) is 7.26. The SMILES string of the molecule is CCC(Sc1cccc(NC(=O)C2CC=CCC2C(=O)O)c1)C(=O)Nc1nc(C)cs1. The van der Waals surface area contributed by atoms with Gasteiger partial charge in [-0.05, 0) is 44.4 Å². The molecule has 1 heterocycles. The number of hydrogen-bond donors (Lipinski definition) is 3. The molecule has 0 saturated heterocycles. The van der Waals surface area contributed by atoms with Gasteiger partial charge in [0.2, 0.25) is 11.8 Å². The zero-order chi connectivity index (χ0) is 22.4. The van der Waals surface area contributed by atoms with Gasteiger partial charge < -0.3 is 15.7 Å². The van der Waals surface area contributed by atoms with E-state index in [9.17, 15) is 19.5 Å². The fraction of sp³-hybridized carbons (Fsp3) is 0.364. The minimum absolute atomic E-state index is 0.116. The quantitative estimate of drug-likeness (QED) is 0.394. The van der Waals surface area contributed by atoms with Crippen LogP contribution in [-0.4, -0.2) is 33.1 Å². The van der Waals surface area contributed by atoms with Crippen LogP contribution in [0.15, 0.2) is 46.7 Å². The van der Waals surface area contributed by atoms with Crippen LogP contribution in [0.5, 0.6) is 0 Å². The third kappa shape index (κ3) is 6.18. The highest BCUT2D eigenvalue weighted by Gasteiger charge is 2.34. The summed E-state index contributed by atoms with van der Waals surface area (Å²) >= 11 is 2.80. The number of rotatable bonds is 8. The van der Waals surface area contributed by atoms with Crippen molar-refractivity contribution in [3.05, 3.63) is 47.5 Å². The van der Waals surface area contributed by atoms with Crippen molar-refractivity contribution in [1.29, 1.82) is 0 Å². The topological polar surface area (TPSA) is 108 Å². The minimum Gasteiger partial charge on any atom is -0.481 e. The summed E-state index contributed by atoms with van der Waals surface area (Å²) in [5, 5.41) is 17.2. The molecule has 3 rings (SSSR count). The van der Waals surface area contributed by atoms with Crippen molar-refractivity contribution >= 4 is 51.7 Å². The normalized spacial score (nSPS) is 18.9. The summed E-state index contributed by atoms with van der Waals surface area (Å²) in [5.74, 6) is -2.70. The van der Waals surface area contributed by atoms with E-state index in [1.54, 1.807) is 12.1 Å². The molecule has 1 aliphatic carbocycles. The van der Waals surface area contributed by atoms with Gasteiger partial charge in [-0.3, -0.25) is 14.4 Å². The fourth-order valence-corrected chi connectivity index (χ4v) is 5.05. The average Bonchev–Trinajstić information content (AvgIpc) is 3.16. The van der Waals surface area contributed by atoms with Crippen LogP contribution < -0.4 is 10.6 Å². The van der Waals surface area contributed by atoms with Crippen molar-refractivity contribution in [2.75, 3.05) is 10.6 Å². The molecular formula is C22H25N3O4S2. The van der Waals surface area contributed by atoms with Crippen molar-refractivity contribution < 1.29 is 19.5 Å². The van der Waals surface area contributed by atoms with E-state index in [0.29, 0.717) is 30.1 Å². The molecule has 164 valence electrons. The molecule has 2 amide bonds. The Morgan fingerprint density at radius 2 is 1.97 bits per heavy atom. The smallest absolute Gasteiger partial charge is 0.307 e. The number of aryl methyl sites for hydroxylation is 1. The van der Waals surface area contributed by atoms with E-state index in [1.165, 1.54) is 23.1 Å². The highest BCUT2D eigenvalue weighted by Crippen LogP contribution is 2.31. The summed E-state index contributed by atoms with van der Waals surface area (Å²) < 4.78 is 0. The van der Waals surface area contributed by atoms with Gasteiger partial charge in [-0.1, -0.05) is 25.1 Å². The van der Waals surface area contributed by atoms with E-state index in [-0.39, 0.29) is 17.1 Å². The van der Waals surface area contributed by atoms with Gasteiger partial charge >= 0.3 is 5.97 Å². The molecule has 0 bridgehead atoms. The number of carbonyl (C=O) groups is 3. The fourth-order valence-electron chi connectivity index (χ4n) is 3.34. The number of aromatic nitrogens is 1. The lowest BCUT2D eigenvalue weighted by molar-refractivity contribution is -0.146. The molecule has 1 aliphatic rings.